The summed E-state index contributed by atoms with van der Waals surface area (Å²) in [6, 6.07) is 4.76. The lowest BCUT2D eigenvalue weighted by molar-refractivity contribution is -0.385. The van der Waals surface area contributed by atoms with E-state index >= 15 is 0 Å². The number of aryl methyl sites for hydroxylation is 1. The van der Waals surface area contributed by atoms with Gasteiger partial charge < -0.3 is 4.74 Å². The van der Waals surface area contributed by atoms with E-state index in [9.17, 15) is 14.9 Å². The molecule has 86 valence electrons. The molecule has 0 saturated heterocycles. The first-order chi connectivity index (χ1) is 7.54. The van der Waals surface area contributed by atoms with Crippen molar-refractivity contribution in [3.8, 4) is 0 Å². The fraction of sp³-hybridized carbons (Fsp3) is 0.300. The molecule has 5 nitrogen and oxygen atoms in total. The SMILES string of the molecule is COC(=O)CCc1ccc(Br)cc1[N+](=O)[O-]. The number of carbonyl (C=O) groups is 1. The maximum absolute atomic E-state index is 10.9. The zero-order valence-electron chi connectivity index (χ0n) is 8.60. The molecule has 0 fully saturated rings. The van der Waals surface area contributed by atoms with Crippen LogP contribution in [0.1, 0.15) is 12.0 Å². The second kappa shape index (κ2) is 5.60. The number of benzene rings is 1. The summed E-state index contributed by atoms with van der Waals surface area (Å²) in [6.45, 7) is 0. The van der Waals surface area contributed by atoms with Gasteiger partial charge in [-0.05, 0) is 12.5 Å². The van der Waals surface area contributed by atoms with E-state index in [1.165, 1.54) is 13.2 Å². The number of hydrogen-bond donors (Lipinski definition) is 0. The number of halogens is 1. The lowest BCUT2D eigenvalue weighted by Crippen LogP contribution is -2.03. The molecule has 0 radical (unpaired) electrons. The van der Waals surface area contributed by atoms with Gasteiger partial charge in [-0.15, -0.1) is 0 Å². The van der Waals surface area contributed by atoms with Crippen molar-refractivity contribution < 1.29 is 14.5 Å². The minimum Gasteiger partial charge on any atom is -0.469 e. The zero-order valence-corrected chi connectivity index (χ0v) is 10.2. The summed E-state index contributed by atoms with van der Waals surface area (Å²) in [5, 5.41) is 10.8. The number of nitro groups is 1. The lowest BCUT2D eigenvalue weighted by Gasteiger charge is -2.02. The second-order valence-electron chi connectivity index (χ2n) is 3.11. The molecule has 0 N–H and O–H groups in total. The molecule has 1 aromatic carbocycles. The molecule has 0 aromatic heterocycles. The highest BCUT2D eigenvalue weighted by atomic mass is 79.9. The fourth-order valence-electron chi connectivity index (χ4n) is 1.26. The standard InChI is InChI=1S/C10H10BrNO4/c1-16-10(13)5-3-7-2-4-8(11)6-9(7)12(14)15/h2,4,6H,3,5H2,1H3. The Labute approximate surface area is 101 Å². The summed E-state index contributed by atoms with van der Waals surface area (Å²) >= 11 is 3.16. The van der Waals surface area contributed by atoms with Crippen LogP contribution in [0.5, 0.6) is 0 Å². The van der Waals surface area contributed by atoms with E-state index in [2.05, 4.69) is 20.7 Å². The van der Waals surface area contributed by atoms with Crippen LogP contribution in [0, 0.1) is 10.1 Å². The van der Waals surface area contributed by atoms with Gasteiger partial charge in [0.05, 0.1) is 12.0 Å². The van der Waals surface area contributed by atoms with Gasteiger partial charge in [0, 0.05) is 22.5 Å². The Kier molecular flexibility index (Phi) is 4.42. The van der Waals surface area contributed by atoms with Gasteiger partial charge in [0.15, 0.2) is 0 Å². The van der Waals surface area contributed by atoms with Crippen molar-refractivity contribution in [3.05, 3.63) is 38.3 Å². The summed E-state index contributed by atoms with van der Waals surface area (Å²) in [7, 11) is 1.29. The third-order valence-electron chi connectivity index (χ3n) is 2.07. The molecule has 6 heteroatoms. The van der Waals surface area contributed by atoms with Gasteiger partial charge in [-0.2, -0.15) is 0 Å². The Bertz CT molecular complexity index is 419. The topological polar surface area (TPSA) is 69.4 Å². The molecule has 0 aliphatic rings. The van der Waals surface area contributed by atoms with Gasteiger partial charge >= 0.3 is 5.97 Å². The molecule has 0 heterocycles. The maximum atomic E-state index is 10.9. The van der Waals surface area contributed by atoms with Crippen molar-refractivity contribution in [2.45, 2.75) is 12.8 Å². The minimum absolute atomic E-state index is 0.0123. The lowest BCUT2D eigenvalue weighted by atomic mass is 10.1. The van der Waals surface area contributed by atoms with Crippen LogP contribution in [-0.4, -0.2) is 18.0 Å². The smallest absolute Gasteiger partial charge is 0.305 e. The molecule has 0 saturated carbocycles. The summed E-state index contributed by atoms with van der Waals surface area (Å²) in [4.78, 5) is 21.2. The average Bonchev–Trinajstić information content (AvgIpc) is 2.26. The highest BCUT2D eigenvalue weighted by molar-refractivity contribution is 9.10. The van der Waals surface area contributed by atoms with Crippen LogP contribution in [0.3, 0.4) is 0 Å². The molecular formula is C10H10BrNO4. The van der Waals surface area contributed by atoms with Gasteiger partial charge in [0.2, 0.25) is 0 Å². The number of esters is 1. The van der Waals surface area contributed by atoms with Gasteiger partial charge in [0.25, 0.3) is 5.69 Å². The number of rotatable bonds is 4. The predicted molar refractivity (Wildman–Crippen MR) is 61.1 cm³/mol. The average molecular weight is 288 g/mol. The van der Waals surface area contributed by atoms with Crippen LogP contribution in [0.15, 0.2) is 22.7 Å². The van der Waals surface area contributed by atoms with Gasteiger partial charge in [0.1, 0.15) is 0 Å². The van der Waals surface area contributed by atoms with Crippen LogP contribution < -0.4 is 0 Å². The molecule has 0 bridgehead atoms. The number of nitrogens with zero attached hydrogens (tertiary/aromatic N) is 1. The molecule has 1 rings (SSSR count). The number of methoxy groups -OCH3 is 1. The van der Waals surface area contributed by atoms with Crippen LogP contribution in [0.4, 0.5) is 5.69 Å². The first-order valence-corrected chi connectivity index (χ1v) is 5.33. The molecule has 0 amide bonds. The largest absolute Gasteiger partial charge is 0.469 e. The first kappa shape index (κ1) is 12.6. The number of hydrogen-bond acceptors (Lipinski definition) is 4. The van der Waals surface area contributed by atoms with E-state index in [1.54, 1.807) is 12.1 Å². The quantitative estimate of drug-likeness (QED) is 0.485. The monoisotopic (exact) mass is 287 g/mol. The maximum Gasteiger partial charge on any atom is 0.305 e. The molecule has 0 atom stereocenters. The van der Waals surface area contributed by atoms with Gasteiger partial charge in [-0.3, -0.25) is 14.9 Å². The second-order valence-corrected chi connectivity index (χ2v) is 4.02. The fourth-order valence-corrected chi connectivity index (χ4v) is 1.61. The Hall–Kier alpha value is -1.43. The van der Waals surface area contributed by atoms with E-state index in [4.69, 9.17) is 0 Å². The highest BCUT2D eigenvalue weighted by Crippen LogP contribution is 2.24. The number of carbonyl (C=O) groups excluding carboxylic acids is 1. The van der Waals surface area contributed by atoms with Crippen molar-refractivity contribution in [1.82, 2.24) is 0 Å². The first-order valence-electron chi connectivity index (χ1n) is 4.54. The Balaban J connectivity index is 2.87. The number of ether oxygens (including phenoxy) is 1. The van der Waals surface area contributed by atoms with Crippen LogP contribution in [0.2, 0.25) is 0 Å². The molecule has 1 aromatic rings. The molecule has 0 unspecified atom stereocenters. The molecule has 0 spiro atoms. The zero-order chi connectivity index (χ0) is 12.1. The summed E-state index contributed by atoms with van der Waals surface area (Å²) in [6.07, 6.45) is 0.440. The third kappa shape index (κ3) is 3.30. The van der Waals surface area contributed by atoms with Crippen molar-refractivity contribution in [2.24, 2.45) is 0 Å². The van der Waals surface area contributed by atoms with E-state index in [-0.39, 0.29) is 18.1 Å². The van der Waals surface area contributed by atoms with E-state index < -0.39 is 4.92 Å². The van der Waals surface area contributed by atoms with Crippen LogP contribution >= 0.6 is 15.9 Å². The summed E-state index contributed by atoms with van der Waals surface area (Å²) < 4.78 is 5.12. The highest BCUT2D eigenvalue weighted by Gasteiger charge is 2.15. The van der Waals surface area contributed by atoms with Crippen molar-refractivity contribution >= 4 is 27.6 Å². The summed E-state index contributed by atoms with van der Waals surface area (Å²) in [5.41, 5.74) is 0.539. The van der Waals surface area contributed by atoms with Gasteiger partial charge in [-0.25, -0.2) is 0 Å². The molecule has 16 heavy (non-hydrogen) atoms. The van der Waals surface area contributed by atoms with E-state index in [0.717, 1.165) is 0 Å². The third-order valence-corrected chi connectivity index (χ3v) is 2.56. The van der Waals surface area contributed by atoms with Crippen LogP contribution in [-0.2, 0) is 16.0 Å². The van der Waals surface area contributed by atoms with Crippen molar-refractivity contribution in [1.29, 1.82) is 0 Å². The Morgan fingerprint density at radius 2 is 2.25 bits per heavy atom. The van der Waals surface area contributed by atoms with Crippen molar-refractivity contribution in [3.63, 3.8) is 0 Å². The van der Waals surface area contributed by atoms with Gasteiger partial charge in [-0.1, -0.05) is 22.0 Å². The minimum atomic E-state index is -0.461. The van der Waals surface area contributed by atoms with Crippen LogP contribution in [0.25, 0.3) is 0 Å². The van der Waals surface area contributed by atoms with E-state index in [0.29, 0.717) is 16.5 Å². The normalized spacial score (nSPS) is 9.88. The molecule has 0 aliphatic carbocycles. The predicted octanol–water partition coefficient (Wildman–Crippen LogP) is 2.46. The van der Waals surface area contributed by atoms with Crippen molar-refractivity contribution in [2.75, 3.05) is 7.11 Å². The Morgan fingerprint density at radius 3 is 2.81 bits per heavy atom. The number of nitro benzene ring substituents is 1. The summed E-state index contributed by atoms with van der Waals surface area (Å²) in [5.74, 6) is -0.378. The molecule has 0 aliphatic heterocycles. The van der Waals surface area contributed by atoms with E-state index in [1.807, 2.05) is 0 Å². The Morgan fingerprint density at radius 1 is 1.56 bits per heavy atom. The molecular weight excluding hydrogens is 278 g/mol.